The van der Waals surface area contributed by atoms with Crippen LogP contribution in [0.2, 0.25) is 0 Å². The third-order valence-corrected chi connectivity index (χ3v) is 12.6. The summed E-state index contributed by atoms with van der Waals surface area (Å²) in [7, 11) is 1.95. The van der Waals surface area contributed by atoms with E-state index in [1.807, 2.05) is 101 Å². The van der Waals surface area contributed by atoms with Crippen LogP contribution in [0.3, 0.4) is 0 Å². The molecule has 2 aromatic heterocycles. The smallest absolute Gasteiger partial charge is 0.245 e. The summed E-state index contributed by atoms with van der Waals surface area (Å²) >= 11 is 0. The average molecular weight is 825 g/mol. The fourth-order valence-electron chi connectivity index (χ4n) is 9.18. The van der Waals surface area contributed by atoms with Gasteiger partial charge in [-0.25, -0.2) is 18.7 Å². The minimum absolute atomic E-state index is 0.00728. The van der Waals surface area contributed by atoms with E-state index in [1.54, 1.807) is 18.3 Å². The van der Waals surface area contributed by atoms with Crippen LogP contribution in [0.25, 0.3) is 33.6 Å². The summed E-state index contributed by atoms with van der Waals surface area (Å²) in [6, 6.07) is 28.1. The monoisotopic (exact) mass is 824 g/mol. The molecule has 4 atom stereocenters. The third kappa shape index (κ3) is 8.39. The van der Waals surface area contributed by atoms with Gasteiger partial charge in [0.05, 0.1) is 35.9 Å². The summed E-state index contributed by atoms with van der Waals surface area (Å²) in [4.78, 5) is 52.4. The number of hydrogen-bond donors (Lipinski definition) is 2. The number of nitrogens with zero attached hydrogens (tertiary/aromatic N) is 6. The predicted molar refractivity (Wildman–Crippen MR) is 234 cm³/mol. The number of hydrogen-bond acceptors (Lipinski definition) is 6. The highest BCUT2D eigenvalue weighted by atomic mass is 19.1. The minimum Gasteiger partial charge on any atom is -0.340 e. The highest BCUT2D eigenvalue weighted by Gasteiger charge is 2.39. The molecule has 2 fully saturated rings. The van der Waals surface area contributed by atoms with E-state index in [-0.39, 0.29) is 41.1 Å². The van der Waals surface area contributed by atoms with Gasteiger partial charge in [0.25, 0.3) is 0 Å². The number of carbonyl (C=O) groups excluding carboxylic acids is 2. The van der Waals surface area contributed by atoms with Gasteiger partial charge in [-0.05, 0) is 86.8 Å². The van der Waals surface area contributed by atoms with Crippen molar-refractivity contribution >= 4 is 11.8 Å². The van der Waals surface area contributed by atoms with Crippen molar-refractivity contribution in [2.45, 2.75) is 70.6 Å². The van der Waals surface area contributed by atoms with Crippen molar-refractivity contribution in [3.63, 3.8) is 0 Å². The van der Waals surface area contributed by atoms with E-state index in [4.69, 9.17) is 4.98 Å². The van der Waals surface area contributed by atoms with Crippen molar-refractivity contribution in [3.8, 4) is 33.6 Å². The summed E-state index contributed by atoms with van der Waals surface area (Å²) in [6.45, 7) is 9.65. The van der Waals surface area contributed by atoms with Crippen molar-refractivity contribution in [2.24, 2.45) is 0 Å². The molecule has 0 spiro atoms. The molecule has 12 heteroatoms. The molecule has 2 amide bonds. The second-order valence-electron chi connectivity index (χ2n) is 16.1. The molecular formula is C49H54F2N8O2. The van der Waals surface area contributed by atoms with E-state index in [1.165, 1.54) is 18.3 Å². The number of amides is 2. The number of aromatic nitrogens is 4. The first kappa shape index (κ1) is 41.7. The normalized spacial score (nSPS) is 17.7. The Kier molecular flexibility index (Phi) is 12.5. The lowest BCUT2D eigenvalue weighted by molar-refractivity contribution is -0.139. The van der Waals surface area contributed by atoms with Gasteiger partial charge in [-0.3, -0.25) is 19.4 Å². The number of likely N-dealkylation sites (N-methyl/N-ethyl adjacent to an activating group) is 2. The molecule has 4 aromatic carbocycles. The number of aromatic amines is 2. The van der Waals surface area contributed by atoms with Gasteiger partial charge in [-0.15, -0.1) is 0 Å². The minimum atomic E-state index is -0.590. The second-order valence-corrected chi connectivity index (χ2v) is 16.1. The van der Waals surface area contributed by atoms with E-state index in [0.717, 1.165) is 60.6 Å². The van der Waals surface area contributed by atoms with Gasteiger partial charge in [0.1, 0.15) is 35.4 Å². The zero-order valence-corrected chi connectivity index (χ0v) is 35.3. The van der Waals surface area contributed by atoms with Gasteiger partial charge in [0.15, 0.2) is 0 Å². The number of H-pyrrole nitrogens is 2. The van der Waals surface area contributed by atoms with Crippen LogP contribution in [-0.2, 0) is 9.59 Å². The molecule has 8 rings (SSSR count). The van der Waals surface area contributed by atoms with E-state index in [0.29, 0.717) is 43.1 Å². The zero-order chi connectivity index (χ0) is 42.6. The third-order valence-electron chi connectivity index (χ3n) is 12.6. The van der Waals surface area contributed by atoms with E-state index < -0.39 is 17.7 Å². The molecule has 4 heterocycles. The Bertz CT molecular complexity index is 2430. The van der Waals surface area contributed by atoms with Crippen molar-refractivity contribution in [1.82, 2.24) is 39.5 Å². The molecule has 2 saturated heterocycles. The maximum absolute atomic E-state index is 15.9. The Labute approximate surface area is 356 Å². The molecule has 2 aliphatic heterocycles. The van der Waals surface area contributed by atoms with Crippen LogP contribution in [0.5, 0.6) is 0 Å². The maximum Gasteiger partial charge on any atom is 0.245 e. The van der Waals surface area contributed by atoms with Crippen molar-refractivity contribution in [3.05, 3.63) is 144 Å². The van der Waals surface area contributed by atoms with Gasteiger partial charge < -0.3 is 19.8 Å². The van der Waals surface area contributed by atoms with E-state index in [2.05, 4.69) is 33.7 Å². The van der Waals surface area contributed by atoms with Crippen molar-refractivity contribution in [1.29, 1.82) is 0 Å². The molecule has 0 unspecified atom stereocenters. The number of halogens is 2. The number of nitrogens with one attached hydrogen (secondary N) is 2. The molecule has 316 valence electrons. The summed E-state index contributed by atoms with van der Waals surface area (Å²) in [5.74, 6) is 0.194. The predicted octanol–water partition coefficient (Wildman–Crippen LogP) is 9.52. The van der Waals surface area contributed by atoms with Crippen molar-refractivity contribution < 1.29 is 18.4 Å². The number of likely N-dealkylation sites (tertiary alicyclic amines) is 2. The highest BCUT2D eigenvalue weighted by Crippen LogP contribution is 2.38. The summed E-state index contributed by atoms with van der Waals surface area (Å²) in [5, 5.41) is 0. The van der Waals surface area contributed by atoms with E-state index >= 15 is 8.78 Å². The quantitative estimate of drug-likeness (QED) is 0.114. The van der Waals surface area contributed by atoms with Gasteiger partial charge in [-0.1, -0.05) is 106 Å². The summed E-state index contributed by atoms with van der Waals surface area (Å²) in [6.07, 6.45) is 6.51. The topological polar surface area (TPSA) is 104 Å². The lowest BCUT2D eigenvalue weighted by atomic mass is 10.00. The molecule has 6 aromatic rings. The van der Waals surface area contributed by atoms with Crippen LogP contribution in [0, 0.1) is 11.6 Å². The molecular weight excluding hydrogens is 771 g/mol. The SMILES string of the molecule is CCN(C)[C@@H](C(=O)N1CCC[C@H]1c1ncc(-c2cc(F)c(-c3ccc(-c4cnc([C@@H]5CCCN5C(=O)[C@@H](c5ccccc5)N(CC)CC)[nH]4)cc3)cc2F)[nH]1)c1ccccc1. The second kappa shape index (κ2) is 18.3. The number of benzene rings is 4. The van der Waals surface area contributed by atoms with Crippen LogP contribution in [0.1, 0.15) is 93.4 Å². The highest BCUT2D eigenvalue weighted by molar-refractivity contribution is 5.85. The van der Waals surface area contributed by atoms with Gasteiger partial charge >= 0.3 is 0 Å². The molecule has 61 heavy (non-hydrogen) atoms. The first-order valence-corrected chi connectivity index (χ1v) is 21.6. The molecule has 10 nitrogen and oxygen atoms in total. The largest absolute Gasteiger partial charge is 0.340 e. The van der Waals surface area contributed by atoms with Crippen LogP contribution >= 0.6 is 0 Å². The molecule has 2 aliphatic rings. The van der Waals surface area contributed by atoms with E-state index in [9.17, 15) is 9.59 Å². The fourth-order valence-corrected chi connectivity index (χ4v) is 9.18. The lowest BCUT2D eigenvalue weighted by Crippen LogP contribution is -2.43. The van der Waals surface area contributed by atoms with Crippen molar-refractivity contribution in [2.75, 3.05) is 39.8 Å². The lowest BCUT2D eigenvalue weighted by Gasteiger charge is -2.34. The number of imidazole rings is 2. The van der Waals surface area contributed by atoms with Crippen LogP contribution in [-0.4, -0.2) is 91.1 Å². The van der Waals surface area contributed by atoms with Gasteiger partial charge in [-0.2, -0.15) is 0 Å². The Morgan fingerprint density at radius 2 is 1.13 bits per heavy atom. The Morgan fingerprint density at radius 3 is 1.69 bits per heavy atom. The first-order chi connectivity index (χ1) is 29.7. The Hall–Kier alpha value is -5.98. The van der Waals surface area contributed by atoms with Crippen LogP contribution < -0.4 is 0 Å². The molecule has 0 radical (unpaired) electrons. The summed E-state index contributed by atoms with van der Waals surface area (Å²) < 4.78 is 31.8. The fraction of sp³-hybridized carbons (Fsp3) is 0.347. The standard InChI is InChI=1S/C49H54F2N8O2/c1-5-56(4)44(34-16-10-8-11-17-34)48(60)58-26-14-21-43(58)47-53-31-41(55-47)37-29-38(50)36(28-39(37)51)32-22-24-33(25-23-32)40-30-52-46(54-40)42-20-15-27-59(42)49(61)45(57(6-2)7-3)35-18-12-9-13-19-35/h8-13,16-19,22-25,28-31,42-45H,5-7,14-15,20-21,26-27H2,1-4H3,(H,52,54)(H,53,55)/t42-,43-,44+,45+/m0/s1. The number of carbonyl (C=O) groups is 2. The van der Waals surface area contributed by atoms with Gasteiger partial charge in [0, 0.05) is 24.2 Å². The molecule has 0 bridgehead atoms. The zero-order valence-electron chi connectivity index (χ0n) is 35.3. The molecule has 2 N–H and O–H groups in total. The average Bonchev–Trinajstić information content (AvgIpc) is 4.14. The van der Waals surface area contributed by atoms with Crippen LogP contribution in [0.4, 0.5) is 8.78 Å². The summed E-state index contributed by atoms with van der Waals surface area (Å²) in [5.41, 5.74) is 4.60. The maximum atomic E-state index is 15.9. The molecule has 0 saturated carbocycles. The Balaban J connectivity index is 0.971. The molecule has 0 aliphatic carbocycles. The van der Waals surface area contributed by atoms with Crippen LogP contribution in [0.15, 0.2) is 109 Å². The van der Waals surface area contributed by atoms with Gasteiger partial charge in [0.2, 0.25) is 11.8 Å². The first-order valence-electron chi connectivity index (χ1n) is 21.6. The Morgan fingerprint density at radius 1 is 0.656 bits per heavy atom. The number of rotatable bonds is 14.